The van der Waals surface area contributed by atoms with Gasteiger partial charge in [-0.15, -0.1) is 0 Å². The lowest BCUT2D eigenvalue weighted by Gasteiger charge is -2.32. The van der Waals surface area contributed by atoms with Gasteiger partial charge < -0.3 is 24.8 Å². The number of nitrogens with one attached hydrogen (secondary N) is 2. The predicted molar refractivity (Wildman–Crippen MR) is 157 cm³/mol. The molecule has 224 valence electrons. The van der Waals surface area contributed by atoms with Gasteiger partial charge >= 0.3 is 0 Å². The molecule has 3 aliphatic rings. The van der Waals surface area contributed by atoms with Gasteiger partial charge in [0.25, 0.3) is 5.79 Å². The molecule has 3 aliphatic heterocycles. The number of amides is 1. The van der Waals surface area contributed by atoms with Crippen LogP contribution in [0.1, 0.15) is 48.8 Å². The first-order valence-electron chi connectivity index (χ1n) is 14.3. The van der Waals surface area contributed by atoms with Crippen LogP contribution < -0.4 is 20.1 Å². The van der Waals surface area contributed by atoms with Crippen molar-refractivity contribution in [2.75, 3.05) is 43.4 Å². The highest BCUT2D eigenvalue weighted by Crippen LogP contribution is 2.49. The molecule has 0 aliphatic carbocycles. The van der Waals surface area contributed by atoms with Gasteiger partial charge in [0.05, 0.1) is 35.2 Å². The monoisotopic (exact) mass is 608 g/mol. The number of rotatable bonds is 8. The quantitative estimate of drug-likeness (QED) is 0.317. The van der Waals surface area contributed by atoms with Gasteiger partial charge in [-0.1, -0.05) is 23.7 Å². The fourth-order valence-electron chi connectivity index (χ4n) is 5.81. The van der Waals surface area contributed by atoms with E-state index in [1.807, 2.05) is 24.3 Å². The largest absolute Gasteiger partial charge is 0.444 e. The van der Waals surface area contributed by atoms with Crippen molar-refractivity contribution >= 4 is 28.9 Å². The Morgan fingerprint density at radius 2 is 1.88 bits per heavy atom. The van der Waals surface area contributed by atoms with Crippen molar-refractivity contribution in [1.29, 1.82) is 5.26 Å². The summed E-state index contributed by atoms with van der Waals surface area (Å²) < 4.78 is 46.9. The van der Waals surface area contributed by atoms with Gasteiger partial charge in [-0.3, -0.25) is 9.69 Å². The van der Waals surface area contributed by atoms with Crippen LogP contribution in [-0.4, -0.2) is 49.7 Å². The molecule has 2 N–H and O–H groups in total. The number of halogens is 3. The number of nitriles is 1. The number of hydrogen-bond acceptors (Lipinski definition) is 7. The Labute approximate surface area is 253 Å². The number of anilines is 2. The standard InChI is InChI=1S/C32H31ClF2N4O4/c1-32(24-6-5-21(33)14-26(24)35)42-29-4-2-3-23(31(29)43-32)19-7-10-39(11-8-19)18-30(40)38-28-13-20(16-36)25(34)15-27(28)37-17-22-9-12-41-22/h2-6,13-15,19,22,37H,7-12,17-18H2,1H3,(H,38,40). The first-order valence-corrected chi connectivity index (χ1v) is 14.7. The molecule has 0 aromatic heterocycles. The molecule has 8 nitrogen and oxygen atoms in total. The highest BCUT2D eigenvalue weighted by molar-refractivity contribution is 6.30. The van der Waals surface area contributed by atoms with E-state index in [1.165, 1.54) is 18.2 Å². The molecule has 2 atom stereocenters. The molecular formula is C32H31ClF2N4O4. The maximum Gasteiger partial charge on any atom is 0.278 e. The van der Waals surface area contributed by atoms with E-state index in [0.29, 0.717) is 54.1 Å². The van der Waals surface area contributed by atoms with E-state index in [9.17, 15) is 18.8 Å². The van der Waals surface area contributed by atoms with Gasteiger partial charge in [0.1, 0.15) is 17.7 Å². The number of para-hydroxylation sites is 1. The molecule has 3 aromatic carbocycles. The fraction of sp³-hybridized carbons (Fsp3) is 0.375. The molecule has 2 saturated heterocycles. The molecule has 2 fully saturated rings. The van der Waals surface area contributed by atoms with Crippen LogP contribution in [0.15, 0.2) is 48.5 Å². The Kier molecular flexibility index (Phi) is 8.14. The Balaban J connectivity index is 1.08. The maximum absolute atomic E-state index is 14.8. The number of piperidine rings is 1. The number of carbonyl (C=O) groups excluding carboxylic acids is 1. The summed E-state index contributed by atoms with van der Waals surface area (Å²) in [6.07, 6.45) is 2.51. The molecule has 0 bridgehead atoms. The van der Waals surface area contributed by atoms with Crippen LogP contribution in [0.2, 0.25) is 5.02 Å². The molecule has 3 aromatic rings. The lowest BCUT2D eigenvalue weighted by molar-refractivity contribution is -0.117. The zero-order chi connectivity index (χ0) is 30.1. The number of hydrogen-bond donors (Lipinski definition) is 2. The predicted octanol–water partition coefficient (Wildman–Crippen LogP) is 6.15. The minimum Gasteiger partial charge on any atom is -0.444 e. The third kappa shape index (κ3) is 6.11. The topological polar surface area (TPSA) is 95.9 Å². The lowest BCUT2D eigenvalue weighted by atomic mass is 9.88. The van der Waals surface area contributed by atoms with E-state index in [4.69, 9.17) is 25.8 Å². The smallest absolute Gasteiger partial charge is 0.278 e. The van der Waals surface area contributed by atoms with Crippen LogP contribution in [0, 0.1) is 23.0 Å². The zero-order valence-corrected chi connectivity index (χ0v) is 24.3. The molecule has 3 heterocycles. The van der Waals surface area contributed by atoms with Crippen molar-refractivity contribution < 1.29 is 27.8 Å². The minimum atomic E-state index is -1.32. The van der Waals surface area contributed by atoms with Crippen LogP contribution >= 0.6 is 11.6 Å². The Bertz CT molecular complexity index is 1590. The summed E-state index contributed by atoms with van der Waals surface area (Å²) in [4.78, 5) is 15.1. The summed E-state index contributed by atoms with van der Waals surface area (Å²) in [7, 11) is 0. The fourth-order valence-corrected chi connectivity index (χ4v) is 5.97. The number of benzene rings is 3. The van der Waals surface area contributed by atoms with Crippen molar-refractivity contribution in [3.8, 4) is 17.6 Å². The molecule has 2 unspecified atom stereocenters. The first-order chi connectivity index (χ1) is 20.7. The summed E-state index contributed by atoms with van der Waals surface area (Å²) >= 11 is 5.94. The molecule has 1 amide bonds. The van der Waals surface area contributed by atoms with Gasteiger partial charge in [-0.05, 0) is 68.6 Å². The van der Waals surface area contributed by atoms with E-state index in [1.54, 1.807) is 19.1 Å². The van der Waals surface area contributed by atoms with Crippen molar-refractivity contribution in [2.45, 2.75) is 44.0 Å². The second-order valence-electron chi connectivity index (χ2n) is 11.2. The number of fused-ring (bicyclic) bond motifs is 1. The van der Waals surface area contributed by atoms with Crippen LogP contribution in [0.4, 0.5) is 20.2 Å². The van der Waals surface area contributed by atoms with Crippen molar-refractivity contribution in [3.63, 3.8) is 0 Å². The summed E-state index contributed by atoms with van der Waals surface area (Å²) in [5.74, 6) is -1.41. The number of ether oxygens (including phenoxy) is 3. The van der Waals surface area contributed by atoms with E-state index < -0.39 is 17.4 Å². The molecule has 0 radical (unpaired) electrons. The number of nitrogens with zero attached hydrogens (tertiary/aromatic N) is 2. The van der Waals surface area contributed by atoms with Crippen molar-refractivity contribution in [3.05, 3.63) is 81.9 Å². The molecular weight excluding hydrogens is 578 g/mol. The van der Waals surface area contributed by atoms with Gasteiger partial charge in [0, 0.05) is 36.7 Å². The average molecular weight is 609 g/mol. The zero-order valence-electron chi connectivity index (χ0n) is 23.6. The van der Waals surface area contributed by atoms with Gasteiger partial charge in [0.2, 0.25) is 5.91 Å². The molecule has 43 heavy (non-hydrogen) atoms. The summed E-state index contributed by atoms with van der Waals surface area (Å²) in [6.45, 7) is 4.36. The highest BCUT2D eigenvalue weighted by Gasteiger charge is 2.43. The second-order valence-corrected chi connectivity index (χ2v) is 11.6. The Morgan fingerprint density at radius 3 is 2.58 bits per heavy atom. The highest BCUT2D eigenvalue weighted by atomic mass is 35.5. The first kappa shape index (κ1) is 29.2. The lowest BCUT2D eigenvalue weighted by Crippen LogP contribution is -2.39. The second kappa shape index (κ2) is 12.0. The molecule has 0 spiro atoms. The SMILES string of the molecule is CC1(c2ccc(Cl)cc2F)Oc2cccc(C3CCN(CC(=O)Nc4cc(C#N)c(F)cc4NCC4CCO4)CC3)c2O1. The van der Waals surface area contributed by atoms with Crippen LogP contribution in [0.3, 0.4) is 0 Å². The summed E-state index contributed by atoms with van der Waals surface area (Å²) in [6, 6.07) is 14.6. The van der Waals surface area contributed by atoms with Crippen LogP contribution in [0.25, 0.3) is 0 Å². The van der Waals surface area contributed by atoms with Crippen LogP contribution in [-0.2, 0) is 15.3 Å². The maximum atomic E-state index is 14.8. The van der Waals surface area contributed by atoms with Gasteiger partial charge in [0.15, 0.2) is 11.5 Å². The third-order valence-corrected chi connectivity index (χ3v) is 8.48. The average Bonchev–Trinajstić information content (AvgIpc) is 3.31. The summed E-state index contributed by atoms with van der Waals surface area (Å²) in [5, 5.41) is 15.6. The van der Waals surface area contributed by atoms with Crippen molar-refractivity contribution in [1.82, 2.24) is 4.90 Å². The van der Waals surface area contributed by atoms with E-state index >= 15 is 0 Å². The van der Waals surface area contributed by atoms with Crippen LogP contribution in [0.5, 0.6) is 11.5 Å². The minimum absolute atomic E-state index is 0.0405. The number of carbonyl (C=O) groups is 1. The third-order valence-electron chi connectivity index (χ3n) is 8.24. The normalized spacial score (nSPS) is 21.6. The molecule has 11 heteroatoms. The van der Waals surface area contributed by atoms with Crippen molar-refractivity contribution in [2.24, 2.45) is 0 Å². The van der Waals surface area contributed by atoms with E-state index in [0.717, 1.165) is 24.8 Å². The van der Waals surface area contributed by atoms with E-state index in [-0.39, 0.29) is 35.6 Å². The Hall–Kier alpha value is -3.91. The van der Waals surface area contributed by atoms with Gasteiger partial charge in [-0.25, -0.2) is 8.78 Å². The molecule has 0 saturated carbocycles. The molecule has 6 rings (SSSR count). The Morgan fingerprint density at radius 1 is 1.09 bits per heavy atom. The summed E-state index contributed by atoms with van der Waals surface area (Å²) in [5.41, 5.74) is 1.87. The number of likely N-dealkylation sites (tertiary alicyclic amines) is 1. The van der Waals surface area contributed by atoms with Gasteiger partial charge in [-0.2, -0.15) is 5.26 Å². The van der Waals surface area contributed by atoms with E-state index in [2.05, 4.69) is 15.5 Å².